The van der Waals surface area contributed by atoms with Gasteiger partial charge in [-0.15, -0.1) is 10.2 Å². The summed E-state index contributed by atoms with van der Waals surface area (Å²) in [6.07, 6.45) is -1.34. The molecule has 2 atom stereocenters. The average Bonchev–Trinajstić information content (AvgIpc) is 4.10. The molecule has 2 aliphatic heterocycles. The highest BCUT2D eigenvalue weighted by molar-refractivity contribution is 6.31. The Morgan fingerprint density at radius 2 is 1.18 bits per heavy atom. The zero-order chi connectivity index (χ0) is 48.0. The molecular formula is C45H47Cl2F6N9O4. The van der Waals surface area contributed by atoms with Gasteiger partial charge in [-0.3, -0.25) is 14.6 Å². The Kier molecular flexibility index (Phi) is 16.4. The van der Waals surface area contributed by atoms with Crippen molar-refractivity contribution >= 4 is 52.4 Å². The summed E-state index contributed by atoms with van der Waals surface area (Å²) in [6, 6.07) is 15.4. The van der Waals surface area contributed by atoms with Crippen LogP contribution in [0.4, 0.5) is 47.3 Å². The molecule has 5 aromatic rings. The normalized spacial score (nSPS) is 16.0. The highest BCUT2D eigenvalue weighted by Gasteiger charge is 2.33. The summed E-state index contributed by atoms with van der Waals surface area (Å²) in [4.78, 5) is 48.7. The molecule has 0 unspecified atom stereocenters. The van der Waals surface area contributed by atoms with Crippen LogP contribution in [0.15, 0.2) is 77.2 Å². The third kappa shape index (κ3) is 11.8. The van der Waals surface area contributed by atoms with Gasteiger partial charge in [-0.05, 0) is 95.6 Å². The van der Waals surface area contributed by atoms with Crippen LogP contribution >= 0.6 is 23.2 Å². The molecule has 0 radical (unpaired) electrons. The molecule has 13 nitrogen and oxygen atoms in total. The van der Waals surface area contributed by atoms with Crippen molar-refractivity contribution in [1.82, 2.24) is 29.8 Å². The number of carbonyl (C=O) groups is 3. The Labute approximate surface area is 387 Å². The van der Waals surface area contributed by atoms with Crippen LogP contribution in [0.25, 0.3) is 11.5 Å². The number of Topliss-reactive ketones (excluding diaryl/α,β-unsaturated/α-hetero) is 1. The molecule has 4 amide bonds. The third-order valence-corrected chi connectivity index (χ3v) is 11.9. The predicted molar refractivity (Wildman–Crippen MR) is 238 cm³/mol. The number of hydrogen-bond donors (Lipinski definition) is 1. The predicted octanol–water partition coefficient (Wildman–Crippen LogP) is 8.89. The van der Waals surface area contributed by atoms with E-state index in [9.17, 15) is 36.3 Å². The number of nitrogens with zero attached hydrogens (tertiary/aromatic N) is 8. The van der Waals surface area contributed by atoms with E-state index in [0.29, 0.717) is 37.6 Å². The second-order valence-corrected chi connectivity index (χ2v) is 16.9. The fourth-order valence-electron chi connectivity index (χ4n) is 7.42. The zero-order valence-corrected chi connectivity index (χ0v) is 37.8. The van der Waals surface area contributed by atoms with E-state index in [-0.39, 0.29) is 87.8 Å². The second-order valence-electron chi connectivity index (χ2n) is 16.1. The Balaban J connectivity index is 0.000000220. The third-order valence-electron chi connectivity index (χ3n) is 11.4. The van der Waals surface area contributed by atoms with E-state index >= 15 is 4.39 Å². The number of amides is 4. The molecule has 0 bridgehead atoms. The average molecular weight is 963 g/mol. The zero-order valence-electron chi connectivity index (χ0n) is 36.3. The Morgan fingerprint density at radius 3 is 1.58 bits per heavy atom. The minimum Gasteiger partial charge on any atom is -0.415 e. The van der Waals surface area contributed by atoms with Gasteiger partial charge in [0.15, 0.2) is 5.78 Å². The van der Waals surface area contributed by atoms with E-state index in [4.69, 9.17) is 33.4 Å². The van der Waals surface area contributed by atoms with Crippen molar-refractivity contribution in [3.05, 3.63) is 129 Å². The van der Waals surface area contributed by atoms with Gasteiger partial charge >= 0.3 is 18.5 Å². The van der Waals surface area contributed by atoms with Crippen LogP contribution in [0.1, 0.15) is 46.6 Å². The molecule has 0 saturated carbocycles. The molecule has 2 aliphatic rings. The minimum absolute atomic E-state index is 0.104. The number of likely N-dealkylation sites (tertiary alicyclic amines) is 2. The summed E-state index contributed by atoms with van der Waals surface area (Å²) >= 11 is 11.9. The summed E-state index contributed by atoms with van der Waals surface area (Å²) in [5, 5.41) is 6.45. The van der Waals surface area contributed by atoms with Gasteiger partial charge in [-0.1, -0.05) is 41.4 Å². The summed E-state index contributed by atoms with van der Waals surface area (Å²) in [6.45, 7) is 1.58. The molecule has 1 aromatic heterocycles. The molecular weight excluding hydrogens is 915 g/mol. The van der Waals surface area contributed by atoms with Crippen molar-refractivity contribution in [3.8, 4) is 11.5 Å². The van der Waals surface area contributed by atoms with Crippen molar-refractivity contribution in [2.45, 2.75) is 44.4 Å². The molecule has 4 aromatic carbocycles. The molecule has 7 rings (SSSR count). The van der Waals surface area contributed by atoms with Crippen LogP contribution in [0.3, 0.4) is 0 Å². The number of halogens is 8. The lowest BCUT2D eigenvalue weighted by molar-refractivity contribution is 0.100. The van der Waals surface area contributed by atoms with Gasteiger partial charge in [0.2, 0.25) is 5.89 Å². The maximum Gasteiger partial charge on any atom is 0.324 e. The molecule has 0 aliphatic carbocycles. The molecule has 21 heteroatoms. The van der Waals surface area contributed by atoms with Crippen molar-refractivity contribution in [2.75, 3.05) is 70.7 Å². The molecule has 66 heavy (non-hydrogen) atoms. The highest BCUT2D eigenvalue weighted by atomic mass is 35.5. The van der Waals surface area contributed by atoms with Gasteiger partial charge in [-0.2, -0.15) is 8.78 Å². The summed E-state index contributed by atoms with van der Waals surface area (Å²) in [5.74, 6) is -4.09. The Hall–Kier alpha value is -5.73. The number of hydrogen-bond acceptors (Lipinski definition) is 9. The lowest BCUT2D eigenvalue weighted by Crippen LogP contribution is -2.43. The van der Waals surface area contributed by atoms with Gasteiger partial charge in [0.1, 0.15) is 23.3 Å². The van der Waals surface area contributed by atoms with Crippen molar-refractivity contribution < 1.29 is 45.1 Å². The number of ketones is 1. The number of rotatable bonds is 12. The van der Waals surface area contributed by atoms with Gasteiger partial charge < -0.3 is 29.8 Å². The number of anilines is 2. The van der Waals surface area contributed by atoms with Gasteiger partial charge in [0.05, 0.1) is 29.7 Å². The molecule has 2 saturated heterocycles. The standard InChI is InChI=1S/C23H22ClF4N5O2.C22H25ClF2N4O2/c1-31(2)16-7-8-32(12-16)23(34)33(15-5-6-18(25)17(24)10-15)11-14-4-3-13(9-19(14)26)21-29-30-22(35-21)20(27)28;1-27(2)17-7-8-28(13-17)22(31)29(16-5-6-19(24)18(23)10-16)12-15-4-3-14(9-20(15)25)21(30)11-26/h3-6,9-10,16,20H,7-8,11-12H2,1-2H3;3-6,9-10,17H,7-8,11-13,26H2,1-2H3/t16-;17-/m00/s1. The van der Waals surface area contributed by atoms with E-state index in [1.807, 2.05) is 33.1 Å². The molecule has 2 fully saturated rings. The van der Waals surface area contributed by atoms with Gasteiger partial charge in [-0.25, -0.2) is 27.2 Å². The molecule has 0 spiro atoms. The van der Waals surface area contributed by atoms with Crippen LogP contribution in [0.2, 0.25) is 10.0 Å². The van der Waals surface area contributed by atoms with E-state index in [1.54, 1.807) is 9.80 Å². The number of alkyl halides is 2. The maximum absolute atomic E-state index is 15.0. The number of carbonyl (C=O) groups excluding carboxylic acids is 3. The topological polar surface area (TPSA) is 136 Å². The quantitative estimate of drug-likeness (QED) is 0.0961. The number of aromatic nitrogens is 2. The van der Waals surface area contributed by atoms with Crippen LogP contribution in [0, 0.1) is 23.3 Å². The van der Waals surface area contributed by atoms with Gasteiger partial charge in [0, 0.05) is 71.9 Å². The lowest BCUT2D eigenvalue weighted by Gasteiger charge is -2.29. The van der Waals surface area contributed by atoms with Crippen LogP contribution in [-0.4, -0.2) is 121 Å². The lowest BCUT2D eigenvalue weighted by atomic mass is 10.1. The summed E-state index contributed by atoms with van der Waals surface area (Å²) < 4.78 is 87.6. The first-order chi connectivity index (χ1) is 31.3. The molecule has 352 valence electrons. The maximum atomic E-state index is 15.0. The number of benzene rings is 4. The fourth-order valence-corrected chi connectivity index (χ4v) is 7.77. The molecule has 3 heterocycles. The van der Waals surface area contributed by atoms with Crippen molar-refractivity contribution in [1.29, 1.82) is 0 Å². The monoisotopic (exact) mass is 961 g/mol. The van der Waals surface area contributed by atoms with E-state index in [0.717, 1.165) is 31.0 Å². The second kappa shape index (κ2) is 21.7. The minimum atomic E-state index is -2.94. The largest absolute Gasteiger partial charge is 0.415 e. The SMILES string of the molecule is CN(C)[C@H]1CCN(C(=O)N(Cc2ccc(-c3nnc(C(F)F)o3)cc2F)c2ccc(F)c(Cl)c2)C1.CN(C)[C@H]1CCN(C(=O)N(Cc2ccc(C(=O)CN)cc2F)c2ccc(F)c(Cl)c2)C1. The number of urea groups is 2. The first-order valence-electron chi connectivity index (χ1n) is 20.6. The summed E-state index contributed by atoms with van der Waals surface area (Å²) in [7, 11) is 7.77. The van der Waals surface area contributed by atoms with E-state index < -0.39 is 35.6 Å². The van der Waals surface area contributed by atoms with Crippen molar-refractivity contribution in [3.63, 3.8) is 0 Å². The smallest absolute Gasteiger partial charge is 0.324 e. The number of nitrogens with two attached hydrogens (primary N) is 1. The van der Waals surface area contributed by atoms with E-state index in [1.165, 1.54) is 64.4 Å². The van der Waals surface area contributed by atoms with Gasteiger partial charge in [0.25, 0.3) is 5.89 Å². The summed E-state index contributed by atoms with van der Waals surface area (Å²) in [5.41, 5.74) is 6.63. The van der Waals surface area contributed by atoms with Crippen LogP contribution < -0.4 is 15.5 Å². The number of likely N-dealkylation sites (N-methyl/N-ethyl adjacent to an activating group) is 2. The first kappa shape index (κ1) is 49.7. The van der Waals surface area contributed by atoms with E-state index in [2.05, 4.69) is 15.1 Å². The fraction of sp³-hybridized carbons (Fsp3) is 0.356. The van der Waals surface area contributed by atoms with Crippen molar-refractivity contribution in [2.24, 2.45) is 5.73 Å². The first-order valence-corrected chi connectivity index (χ1v) is 21.4. The molecule has 2 N–H and O–H groups in total. The highest BCUT2D eigenvalue weighted by Crippen LogP contribution is 2.31. The van der Waals surface area contributed by atoms with Crippen LogP contribution in [0.5, 0.6) is 0 Å². The Morgan fingerprint density at radius 1 is 0.697 bits per heavy atom. The van der Waals surface area contributed by atoms with Crippen LogP contribution in [-0.2, 0) is 13.1 Å². The Bertz CT molecular complexity index is 2550.